The van der Waals surface area contributed by atoms with Crippen LogP contribution >= 0.6 is 27.5 Å². The Morgan fingerprint density at radius 3 is 2.57 bits per heavy atom. The number of ether oxygens (including phenoxy) is 1. The van der Waals surface area contributed by atoms with Gasteiger partial charge in [0.1, 0.15) is 5.75 Å². The highest BCUT2D eigenvalue weighted by Gasteiger charge is 2.35. The van der Waals surface area contributed by atoms with Gasteiger partial charge in [-0.1, -0.05) is 57.9 Å². The van der Waals surface area contributed by atoms with Crippen LogP contribution in [0.1, 0.15) is 25.0 Å². The zero-order valence-electron chi connectivity index (χ0n) is 19.4. The second-order valence-electron chi connectivity index (χ2n) is 8.37. The molecule has 1 atom stereocenters. The van der Waals surface area contributed by atoms with E-state index in [2.05, 4.69) is 15.9 Å². The average molecular weight is 578 g/mol. The highest BCUT2D eigenvalue weighted by Crippen LogP contribution is 2.35. The number of fused-ring (bicyclic) bond motifs is 1. The summed E-state index contributed by atoms with van der Waals surface area (Å²) < 4.78 is 35.1. The molecule has 0 bridgehead atoms. The van der Waals surface area contributed by atoms with Crippen LogP contribution in [0.15, 0.2) is 76.1 Å². The van der Waals surface area contributed by atoms with Crippen LogP contribution in [0.25, 0.3) is 0 Å². The fourth-order valence-corrected chi connectivity index (χ4v) is 6.40. The van der Waals surface area contributed by atoms with Crippen molar-refractivity contribution < 1.29 is 17.9 Å². The molecule has 0 aliphatic carbocycles. The van der Waals surface area contributed by atoms with Gasteiger partial charge in [0.25, 0.3) is 0 Å². The third-order valence-electron chi connectivity index (χ3n) is 5.88. The normalized spacial score (nSPS) is 15.3. The number of carbonyl (C=O) groups is 1. The zero-order chi connectivity index (χ0) is 25.2. The van der Waals surface area contributed by atoms with Crippen LogP contribution in [-0.4, -0.2) is 37.8 Å². The Balaban J connectivity index is 1.67. The SMILES string of the molecule is CCOc1ccc(S(=O)(=O)N(CC(=O)N2c3ccc(Br)cc3CC2C)Cc2ccccc2)cc1Cl. The van der Waals surface area contributed by atoms with Crippen molar-refractivity contribution in [2.45, 2.75) is 37.8 Å². The van der Waals surface area contributed by atoms with E-state index in [4.69, 9.17) is 16.3 Å². The van der Waals surface area contributed by atoms with Gasteiger partial charge in [-0.15, -0.1) is 0 Å². The maximum atomic E-state index is 13.7. The lowest BCUT2D eigenvalue weighted by Crippen LogP contribution is -2.44. The van der Waals surface area contributed by atoms with E-state index in [0.717, 1.165) is 21.3 Å². The maximum Gasteiger partial charge on any atom is 0.243 e. The second-order valence-corrected chi connectivity index (χ2v) is 11.6. The lowest BCUT2D eigenvalue weighted by atomic mass is 10.1. The van der Waals surface area contributed by atoms with Crippen LogP contribution in [0.5, 0.6) is 5.75 Å². The molecule has 184 valence electrons. The Bertz CT molecular complexity index is 1330. The number of benzene rings is 3. The lowest BCUT2D eigenvalue weighted by Gasteiger charge is -2.28. The van der Waals surface area contributed by atoms with Gasteiger partial charge in [0.2, 0.25) is 15.9 Å². The maximum absolute atomic E-state index is 13.7. The molecule has 1 aliphatic rings. The molecule has 1 amide bonds. The number of nitrogens with zero attached hydrogens (tertiary/aromatic N) is 2. The Morgan fingerprint density at radius 2 is 1.89 bits per heavy atom. The third-order valence-corrected chi connectivity index (χ3v) is 8.46. The number of rotatable bonds is 8. The second kappa shape index (κ2) is 10.7. The largest absolute Gasteiger partial charge is 0.492 e. The van der Waals surface area contributed by atoms with Crippen molar-refractivity contribution in [3.63, 3.8) is 0 Å². The van der Waals surface area contributed by atoms with E-state index >= 15 is 0 Å². The summed E-state index contributed by atoms with van der Waals surface area (Å²) in [4.78, 5) is 15.3. The summed E-state index contributed by atoms with van der Waals surface area (Å²) in [5, 5.41) is 0.201. The summed E-state index contributed by atoms with van der Waals surface area (Å²) in [5.41, 5.74) is 2.64. The predicted octanol–water partition coefficient (Wildman–Crippen LogP) is 5.67. The van der Waals surface area contributed by atoms with Crippen LogP contribution in [0.4, 0.5) is 5.69 Å². The fraction of sp³-hybridized carbons (Fsp3) is 0.269. The van der Waals surface area contributed by atoms with Crippen LogP contribution in [0.3, 0.4) is 0 Å². The molecule has 4 rings (SSSR count). The number of halogens is 2. The van der Waals surface area contributed by atoms with Gasteiger partial charge in [0, 0.05) is 22.7 Å². The summed E-state index contributed by atoms with van der Waals surface area (Å²) in [6, 6.07) is 19.3. The third kappa shape index (κ3) is 5.56. The van der Waals surface area contributed by atoms with Gasteiger partial charge < -0.3 is 9.64 Å². The Morgan fingerprint density at radius 1 is 1.14 bits per heavy atom. The number of carbonyl (C=O) groups excluding carboxylic acids is 1. The quantitative estimate of drug-likeness (QED) is 0.346. The number of anilines is 1. The molecule has 0 saturated carbocycles. The minimum absolute atomic E-state index is 0.00786. The van der Waals surface area contributed by atoms with Crippen LogP contribution < -0.4 is 9.64 Å². The molecule has 0 saturated heterocycles. The number of hydrogen-bond donors (Lipinski definition) is 0. The summed E-state index contributed by atoms with van der Waals surface area (Å²) in [6.07, 6.45) is 0.709. The van der Waals surface area contributed by atoms with Gasteiger partial charge in [-0.25, -0.2) is 8.42 Å². The molecule has 35 heavy (non-hydrogen) atoms. The molecule has 0 radical (unpaired) electrons. The van der Waals surface area contributed by atoms with Crippen molar-refractivity contribution in [1.82, 2.24) is 4.31 Å². The van der Waals surface area contributed by atoms with Crippen LogP contribution in [0.2, 0.25) is 5.02 Å². The average Bonchev–Trinajstić information content (AvgIpc) is 3.15. The molecule has 0 fully saturated rings. The van der Waals surface area contributed by atoms with E-state index in [1.807, 2.05) is 62.4 Å². The molecule has 0 aromatic heterocycles. The Kier molecular flexibility index (Phi) is 7.86. The first-order valence-electron chi connectivity index (χ1n) is 11.3. The van der Waals surface area contributed by atoms with Crippen molar-refractivity contribution in [2.75, 3.05) is 18.1 Å². The number of sulfonamides is 1. The fourth-order valence-electron chi connectivity index (χ4n) is 4.28. The van der Waals surface area contributed by atoms with Crippen LogP contribution in [0, 0.1) is 0 Å². The summed E-state index contributed by atoms with van der Waals surface area (Å²) in [5.74, 6) is 0.127. The molecular formula is C26H26BrClN2O4S. The van der Waals surface area contributed by atoms with Crippen molar-refractivity contribution in [1.29, 1.82) is 0 Å². The van der Waals surface area contributed by atoms with Gasteiger partial charge in [-0.2, -0.15) is 4.31 Å². The molecule has 3 aromatic carbocycles. The first kappa shape index (κ1) is 25.7. The molecule has 1 heterocycles. The van der Waals surface area contributed by atoms with Crippen molar-refractivity contribution in [3.05, 3.63) is 87.4 Å². The van der Waals surface area contributed by atoms with Gasteiger partial charge in [0.15, 0.2) is 0 Å². The Hall–Kier alpha value is -2.39. The van der Waals surface area contributed by atoms with E-state index in [-0.39, 0.29) is 35.0 Å². The molecule has 1 aliphatic heterocycles. The number of amides is 1. The monoisotopic (exact) mass is 576 g/mol. The standard InChI is InChI=1S/C26H26BrClN2O4S/c1-3-34-25-12-10-22(15-23(25)28)35(32,33)29(16-19-7-5-4-6-8-19)17-26(31)30-18(2)13-20-14-21(27)9-11-24(20)30/h4-12,14-15,18H,3,13,16-17H2,1-2H3. The smallest absolute Gasteiger partial charge is 0.243 e. The minimum atomic E-state index is -4.04. The van der Waals surface area contributed by atoms with Gasteiger partial charge in [-0.3, -0.25) is 4.79 Å². The van der Waals surface area contributed by atoms with E-state index in [1.54, 1.807) is 4.90 Å². The first-order chi connectivity index (χ1) is 16.7. The summed E-state index contributed by atoms with van der Waals surface area (Å²) in [6.45, 7) is 3.95. The van der Waals surface area contributed by atoms with Gasteiger partial charge in [0.05, 0.1) is 23.1 Å². The lowest BCUT2D eigenvalue weighted by molar-refractivity contribution is -0.119. The number of hydrogen-bond acceptors (Lipinski definition) is 4. The highest BCUT2D eigenvalue weighted by atomic mass is 79.9. The molecule has 3 aromatic rings. The Labute approximate surface area is 219 Å². The molecule has 6 nitrogen and oxygen atoms in total. The van der Waals surface area contributed by atoms with Crippen molar-refractivity contribution in [3.8, 4) is 5.75 Å². The molecular weight excluding hydrogens is 552 g/mol. The molecule has 0 spiro atoms. The topological polar surface area (TPSA) is 66.9 Å². The van der Waals surface area contributed by atoms with E-state index in [0.29, 0.717) is 18.8 Å². The summed E-state index contributed by atoms with van der Waals surface area (Å²) >= 11 is 9.77. The first-order valence-corrected chi connectivity index (χ1v) is 13.9. The molecule has 9 heteroatoms. The molecule has 1 unspecified atom stereocenters. The van der Waals surface area contributed by atoms with E-state index in [1.165, 1.54) is 22.5 Å². The minimum Gasteiger partial charge on any atom is -0.492 e. The van der Waals surface area contributed by atoms with Crippen molar-refractivity contribution in [2.24, 2.45) is 0 Å². The van der Waals surface area contributed by atoms with E-state index in [9.17, 15) is 13.2 Å². The predicted molar refractivity (Wildman–Crippen MR) is 141 cm³/mol. The zero-order valence-corrected chi connectivity index (χ0v) is 22.6. The molecule has 0 N–H and O–H groups in total. The van der Waals surface area contributed by atoms with Crippen molar-refractivity contribution >= 4 is 49.1 Å². The van der Waals surface area contributed by atoms with Gasteiger partial charge in [-0.05, 0) is 67.8 Å². The van der Waals surface area contributed by atoms with E-state index < -0.39 is 10.0 Å². The van der Waals surface area contributed by atoms with Crippen LogP contribution in [-0.2, 0) is 27.8 Å². The highest BCUT2D eigenvalue weighted by molar-refractivity contribution is 9.10. The van der Waals surface area contributed by atoms with Gasteiger partial charge >= 0.3 is 0 Å². The summed E-state index contributed by atoms with van der Waals surface area (Å²) in [7, 11) is -4.04.